The first-order valence-electron chi connectivity index (χ1n) is 7.91. The van der Waals surface area contributed by atoms with Crippen LogP contribution in [0.3, 0.4) is 0 Å². The van der Waals surface area contributed by atoms with Crippen LogP contribution in [0.15, 0.2) is 33.2 Å². The number of nitriles is 1. The van der Waals surface area contributed by atoms with E-state index in [0.29, 0.717) is 16.5 Å². The molecule has 0 aliphatic rings. The molecule has 0 saturated carbocycles. The van der Waals surface area contributed by atoms with E-state index in [0.717, 1.165) is 4.57 Å². The molecule has 0 radical (unpaired) electrons. The molecule has 7 nitrogen and oxygen atoms in total. The molecule has 0 bridgehead atoms. The highest BCUT2D eigenvalue weighted by atomic mass is 35.5. The number of hydrogen-bond acceptors (Lipinski definition) is 6. The SMILES string of the molecule is COc1ccc(Cl)cc1N=Nc1c(C)c(C#N)c(O)n(CC(C)C)c1=O. The summed E-state index contributed by atoms with van der Waals surface area (Å²) < 4.78 is 6.34. The standard InChI is InChI=1S/C18H19ClN4O3/c1-10(2)9-23-17(24)13(8-20)11(3)16(18(23)25)22-21-14-7-12(19)5-6-15(14)26-4/h5-7,10,24H,9H2,1-4H3. The highest BCUT2D eigenvalue weighted by Crippen LogP contribution is 2.33. The lowest BCUT2D eigenvalue weighted by Gasteiger charge is -2.14. The molecule has 2 aromatic rings. The predicted molar refractivity (Wildman–Crippen MR) is 98.8 cm³/mol. The van der Waals surface area contributed by atoms with E-state index < -0.39 is 5.56 Å². The Morgan fingerprint density at radius 3 is 2.65 bits per heavy atom. The molecule has 1 aromatic heterocycles. The summed E-state index contributed by atoms with van der Waals surface area (Å²) in [5, 5.41) is 28.1. The van der Waals surface area contributed by atoms with E-state index in [1.807, 2.05) is 19.9 Å². The Hall–Kier alpha value is -2.85. The van der Waals surface area contributed by atoms with Gasteiger partial charge in [-0.15, -0.1) is 10.2 Å². The van der Waals surface area contributed by atoms with Gasteiger partial charge in [0.15, 0.2) is 5.69 Å². The number of rotatable bonds is 5. The average Bonchev–Trinajstić information content (AvgIpc) is 2.59. The Labute approximate surface area is 156 Å². The maximum Gasteiger partial charge on any atom is 0.281 e. The van der Waals surface area contributed by atoms with Gasteiger partial charge in [-0.2, -0.15) is 5.26 Å². The molecular weight excluding hydrogens is 356 g/mol. The third-order valence-electron chi connectivity index (χ3n) is 3.72. The van der Waals surface area contributed by atoms with Crippen LogP contribution in [0.1, 0.15) is 25.0 Å². The van der Waals surface area contributed by atoms with Crippen LogP contribution in [-0.2, 0) is 6.54 Å². The molecule has 0 atom stereocenters. The zero-order valence-corrected chi connectivity index (χ0v) is 15.7. The minimum absolute atomic E-state index is 0.00254. The summed E-state index contributed by atoms with van der Waals surface area (Å²) in [6.07, 6.45) is 0. The van der Waals surface area contributed by atoms with Crippen molar-refractivity contribution in [1.82, 2.24) is 4.57 Å². The number of pyridine rings is 1. The van der Waals surface area contributed by atoms with Crippen LogP contribution in [0.25, 0.3) is 0 Å². The van der Waals surface area contributed by atoms with E-state index in [1.165, 1.54) is 7.11 Å². The maximum absolute atomic E-state index is 12.7. The number of nitrogens with zero attached hydrogens (tertiary/aromatic N) is 4. The van der Waals surface area contributed by atoms with Gasteiger partial charge in [0, 0.05) is 17.1 Å². The number of aromatic nitrogens is 1. The van der Waals surface area contributed by atoms with Gasteiger partial charge >= 0.3 is 0 Å². The summed E-state index contributed by atoms with van der Waals surface area (Å²) in [6.45, 7) is 5.59. The molecule has 1 heterocycles. The van der Waals surface area contributed by atoms with Gasteiger partial charge in [0.05, 0.1) is 7.11 Å². The minimum Gasteiger partial charge on any atom is -0.494 e. The van der Waals surface area contributed by atoms with E-state index in [-0.39, 0.29) is 35.2 Å². The third-order valence-corrected chi connectivity index (χ3v) is 3.95. The Morgan fingerprint density at radius 1 is 1.38 bits per heavy atom. The summed E-state index contributed by atoms with van der Waals surface area (Å²) in [4.78, 5) is 12.7. The van der Waals surface area contributed by atoms with Crippen molar-refractivity contribution >= 4 is 23.0 Å². The largest absolute Gasteiger partial charge is 0.494 e. The van der Waals surface area contributed by atoms with Gasteiger partial charge in [0.2, 0.25) is 5.88 Å². The van der Waals surface area contributed by atoms with Crippen LogP contribution in [0.2, 0.25) is 5.02 Å². The van der Waals surface area contributed by atoms with Crippen molar-refractivity contribution in [1.29, 1.82) is 5.26 Å². The number of hydrogen-bond donors (Lipinski definition) is 1. The van der Waals surface area contributed by atoms with Crippen molar-refractivity contribution < 1.29 is 9.84 Å². The van der Waals surface area contributed by atoms with Crippen LogP contribution >= 0.6 is 11.6 Å². The Kier molecular flexibility index (Phi) is 6.01. The van der Waals surface area contributed by atoms with E-state index in [2.05, 4.69) is 10.2 Å². The molecule has 0 unspecified atom stereocenters. The second-order valence-corrected chi connectivity index (χ2v) is 6.55. The van der Waals surface area contributed by atoms with E-state index in [4.69, 9.17) is 16.3 Å². The zero-order chi connectivity index (χ0) is 19.4. The van der Waals surface area contributed by atoms with Gasteiger partial charge in [0.1, 0.15) is 23.1 Å². The van der Waals surface area contributed by atoms with Gasteiger partial charge < -0.3 is 9.84 Å². The maximum atomic E-state index is 12.7. The molecule has 0 aliphatic carbocycles. The number of halogens is 1. The predicted octanol–water partition coefficient (Wildman–Crippen LogP) is 4.47. The first-order valence-corrected chi connectivity index (χ1v) is 8.29. The lowest BCUT2D eigenvalue weighted by atomic mass is 10.1. The van der Waals surface area contributed by atoms with E-state index in [9.17, 15) is 15.2 Å². The molecule has 0 spiro atoms. The second kappa shape index (κ2) is 8.02. The van der Waals surface area contributed by atoms with Crippen LogP contribution in [0.5, 0.6) is 11.6 Å². The summed E-state index contributed by atoms with van der Waals surface area (Å²) in [7, 11) is 1.48. The van der Waals surface area contributed by atoms with Gasteiger partial charge in [-0.3, -0.25) is 9.36 Å². The minimum atomic E-state index is -0.516. The Morgan fingerprint density at radius 2 is 2.08 bits per heavy atom. The molecule has 26 heavy (non-hydrogen) atoms. The normalized spacial score (nSPS) is 11.1. The number of azo groups is 1. The zero-order valence-electron chi connectivity index (χ0n) is 14.9. The van der Waals surface area contributed by atoms with Gasteiger partial charge in [-0.1, -0.05) is 25.4 Å². The van der Waals surface area contributed by atoms with Gasteiger partial charge in [-0.25, -0.2) is 0 Å². The fraction of sp³-hybridized carbons (Fsp3) is 0.333. The molecule has 0 saturated heterocycles. The van der Waals surface area contributed by atoms with Crippen molar-refractivity contribution in [3.63, 3.8) is 0 Å². The molecule has 0 amide bonds. The van der Waals surface area contributed by atoms with Crippen molar-refractivity contribution in [2.75, 3.05) is 7.11 Å². The number of benzene rings is 1. The summed E-state index contributed by atoms with van der Waals surface area (Å²) in [5.41, 5.74) is 0.0808. The Balaban J connectivity index is 2.65. The molecule has 0 aliphatic heterocycles. The highest BCUT2D eigenvalue weighted by Gasteiger charge is 2.19. The summed E-state index contributed by atoms with van der Waals surface area (Å²) >= 11 is 5.97. The molecule has 1 N–H and O–H groups in total. The quantitative estimate of drug-likeness (QED) is 0.780. The van der Waals surface area contributed by atoms with Crippen molar-refractivity contribution in [2.45, 2.75) is 27.3 Å². The molecule has 136 valence electrons. The molecule has 8 heteroatoms. The number of ether oxygens (including phenoxy) is 1. The molecule has 1 aromatic carbocycles. The molecule has 2 rings (SSSR count). The topological polar surface area (TPSA) is 100.0 Å². The third kappa shape index (κ3) is 3.86. The summed E-state index contributed by atoms with van der Waals surface area (Å²) in [6, 6.07) is 6.75. The average molecular weight is 375 g/mol. The van der Waals surface area contributed by atoms with Crippen LogP contribution in [-0.4, -0.2) is 16.8 Å². The van der Waals surface area contributed by atoms with Gasteiger partial charge in [0.25, 0.3) is 5.56 Å². The van der Waals surface area contributed by atoms with Crippen molar-refractivity contribution in [3.8, 4) is 17.7 Å². The first-order chi connectivity index (χ1) is 12.3. The van der Waals surface area contributed by atoms with E-state index >= 15 is 0 Å². The monoisotopic (exact) mass is 374 g/mol. The highest BCUT2D eigenvalue weighted by molar-refractivity contribution is 6.30. The van der Waals surface area contributed by atoms with Crippen LogP contribution in [0.4, 0.5) is 11.4 Å². The number of aromatic hydroxyl groups is 1. The molecule has 0 fully saturated rings. The lowest BCUT2D eigenvalue weighted by molar-refractivity contribution is 0.381. The van der Waals surface area contributed by atoms with Crippen LogP contribution in [0, 0.1) is 24.2 Å². The first kappa shape index (κ1) is 19.5. The van der Waals surface area contributed by atoms with Crippen molar-refractivity contribution in [2.24, 2.45) is 16.1 Å². The van der Waals surface area contributed by atoms with E-state index in [1.54, 1.807) is 25.1 Å². The number of methoxy groups -OCH3 is 1. The van der Waals surface area contributed by atoms with Crippen molar-refractivity contribution in [3.05, 3.63) is 44.7 Å². The molecular formula is C18H19ClN4O3. The summed E-state index contributed by atoms with van der Waals surface area (Å²) in [5.74, 6) is 0.172. The van der Waals surface area contributed by atoms with Crippen LogP contribution < -0.4 is 10.3 Å². The van der Waals surface area contributed by atoms with Gasteiger partial charge in [-0.05, 0) is 31.0 Å². The fourth-order valence-electron chi connectivity index (χ4n) is 2.44. The second-order valence-electron chi connectivity index (χ2n) is 6.11. The smallest absolute Gasteiger partial charge is 0.281 e. The fourth-order valence-corrected chi connectivity index (χ4v) is 2.60. The Bertz CT molecular complexity index is 958. The lowest BCUT2D eigenvalue weighted by Crippen LogP contribution is -2.24.